The molecule has 66 valence electrons. The van der Waals surface area contributed by atoms with Crippen LogP contribution in [0.25, 0.3) is 0 Å². The first-order valence-corrected chi connectivity index (χ1v) is 4.94. The molecule has 0 fully saturated rings. The Hall–Kier alpha value is -0.410. The fourth-order valence-electron chi connectivity index (χ4n) is 0.983. The molecule has 0 aliphatic rings. The number of hydrogen-bond donors (Lipinski definition) is 1. The van der Waals surface area contributed by atoms with Crippen LogP contribution in [0.2, 0.25) is 0 Å². The van der Waals surface area contributed by atoms with Crippen molar-refractivity contribution in [2.24, 2.45) is 0 Å². The molecule has 12 heavy (non-hydrogen) atoms. The van der Waals surface area contributed by atoms with E-state index >= 15 is 0 Å². The van der Waals surface area contributed by atoms with Gasteiger partial charge in [0.25, 0.3) is 0 Å². The Morgan fingerprint density at radius 2 is 2.33 bits per heavy atom. The highest BCUT2D eigenvalue weighted by Gasteiger charge is 1.93. The first kappa shape index (κ1) is 9.68. The molecule has 0 unspecified atom stereocenters. The smallest absolute Gasteiger partial charge is 0.106 e. The molecule has 2 nitrogen and oxygen atoms in total. The lowest BCUT2D eigenvalue weighted by Crippen LogP contribution is -2.16. The summed E-state index contributed by atoms with van der Waals surface area (Å²) >= 11 is 3.34. The van der Waals surface area contributed by atoms with E-state index in [4.69, 9.17) is 0 Å². The van der Waals surface area contributed by atoms with Gasteiger partial charge in [-0.1, -0.05) is 13.0 Å². The summed E-state index contributed by atoms with van der Waals surface area (Å²) in [5, 5.41) is 3.26. The molecule has 1 aromatic rings. The van der Waals surface area contributed by atoms with E-state index in [9.17, 15) is 0 Å². The van der Waals surface area contributed by atoms with Crippen LogP contribution >= 0.6 is 15.9 Å². The summed E-state index contributed by atoms with van der Waals surface area (Å²) in [5.41, 5.74) is 1.13. The summed E-state index contributed by atoms with van der Waals surface area (Å²) in [7, 11) is 0. The Kier molecular flexibility index (Phi) is 4.25. The number of halogens is 1. The van der Waals surface area contributed by atoms with Crippen molar-refractivity contribution >= 4 is 15.9 Å². The van der Waals surface area contributed by atoms with E-state index in [1.807, 2.05) is 18.2 Å². The van der Waals surface area contributed by atoms with E-state index in [0.717, 1.165) is 29.8 Å². The highest BCUT2D eigenvalue weighted by atomic mass is 79.9. The molecular formula is C9H13BrN2. The quantitative estimate of drug-likeness (QED) is 0.630. The summed E-state index contributed by atoms with van der Waals surface area (Å²) in [5.74, 6) is 0. The predicted molar refractivity (Wildman–Crippen MR) is 54.2 cm³/mol. The molecule has 0 aliphatic carbocycles. The van der Waals surface area contributed by atoms with Crippen molar-refractivity contribution in [2.75, 3.05) is 13.1 Å². The van der Waals surface area contributed by atoms with Gasteiger partial charge in [0.1, 0.15) is 4.60 Å². The highest BCUT2D eigenvalue weighted by Crippen LogP contribution is 2.05. The van der Waals surface area contributed by atoms with Crippen LogP contribution in [0, 0.1) is 0 Å². The molecule has 0 aliphatic heterocycles. The van der Waals surface area contributed by atoms with E-state index in [2.05, 4.69) is 33.2 Å². The van der Waals surface area contributed by atoms with Gasteiger partial charge in [0, 0.05) is 18.7 Å². The van der Waals surface area contributed by atoms with Gasteiger partial charge < -0.3 is 5.32 Å². The summed E-state index contributed by atoms with van der Waals surface area (Å²) in [6, 6.07) is 6.00. The second-order valence-corrected chi connectivity index (χ2v) is 3.37. The van der Waals surface area contributed by atoms with Crippen molar-refractivity contribution in [3.63, 3.8) is 0 Å². The maximum Gasteiger partial charge on any atom is 0.106 e. The van der Waals surface area contributed by atoms with E-state index in [0.29, 0.717) is 0 Å². The summed E-state index contributed by atoms with van der Waals surface area (Å²) in [6.07, 6.45) is 0.993. The lowest BCUT2D eigenvalue weighted by molar-refractivity contribution is 0.707. The van der Waals surface area contributed by atoms with E-state index in [1.54, 1.807) is 0 Å². The molecule has 3 heteroatoms. The average Bonchev–Trinajstić information content (AvgIpc) is 2.05. The first-order chi connectivity index (χ1) is 5.83. The fourth-order valence-corrected chi connectivity index (χ4v) is 1.36. The van der Waals surface area contributed by atoms with Crippen LogP contribution in [0.5, 0.6) is 0 Å². The van der Waals surface area contributed by atoms with Crippen LogP contribution in [0.3, 0.4) is 0 Å². The van der Waals surface area contributed by atoms with Crippen molar-refractivity contribution in [2.45, 2.75) is 13.3 Å². The number of likely N-dealkylation sites (N-methyl/N-ethyl adjacent to an activating group) is 1. The van der Waals surface area contributed by atoms with Gasteiger partial charge in [-0.05, 0) is 34.6 Å². The van der Waals surface area contributed by atoms with Crippen LogP contribution in [0.1, 0.15) is 12.6 Å². The molecule has 1 heterocycles. The molecule has 0 aromatic carbocycles. The van der Waals surface area contributed by atoms with Crippen molar-refractivity contribution in [1.29, 1.82) is 0 Å². The van der Waals surface area contributed by atoms with Gasteiger partial charge in [-0.15, -0.1) is 0 Å². The van der Waals surface area contributed by atoms with Crippen LogP contribution in [0.15, 0.2) is 22.8 Å². The summed E-state index contributed by atoms with van der Waals surface area (Å²) in [6.45, 7) is 4.13. The Bertz CT molecular complexity index is 238. The Balaban J connectivity index is 2.41. The second-order valence-electron chi connectivity index (χ2n) is 2.56. The minimum Gasteiger partial charge on any atom is -0.317 e. The topological polar surface area (TPSA) is 24.9 Å². The van der Waals surface area contributed by atoms with Gasteiger partial charge in [0.2, 0.25) is 0 Å². The van der Waals surface area contributed by atoms with Crippen LogP contribution < -0.4 is 5.32 Å². The second kappa shape index (κ2) is 5.27. The molecule has 1 N–H and O–H groups in total. The monoisotopic (exact) mass is 228 g/mol. The third kappa shape index (κ3) is 3.32. The molecule has 0 saturated heterocycles. The standard InChI is InChI=1S/C9H13BrN2/c1-2-11-7-6-8-4-3-5-9(10)12-8/h3-5,11H,2,6-7H2,1H3. The minimum atomic E-state index is 0.913. The maximum absolute atomic E-state index is 4.32. The van der Waals surface area contributed by atoms with Crippen molar-refractivity contribution in [3.05, 3.63) is 28.5 Å². The van der Waals surface area contributed by atoms with Crippen molar-refractivity contribution in [1.82, 2.24) is 10.3 Å². The largest absolute Gasteiger partial charge is 0.317 e. The van der Waals surface area contributed by atoms with E-state index < -0.39 is 0 Å². The van der Waals surface area contributed by atoms with Gasteiger partial charge >= 0.3 is 0 Å². The van der Waals surface area contributed by atoms with Gasteiger partial charge in [0.15, 0.2) is 0 Å². The number of pyridine rings is 1. The summed E-state index contributed by atoms with van der Waals surface area (Å²) < 4.78 is 0.913. The predicted octanol–water partition coefficient (Wildman–Crippen LogP) is 2.00. The molecule has 1 aromatic heterocycles. The Morgan fingerprint density at radius 3 is 3.00 bits per heavy atom. The normalized spacial score (nSPS) is 10.2. The lowest BCUT2D eigenvalue weighted by atomic mass is 10.3. The first-order valence-electron chi connectivity index (χ1n) is 4.15. The molecule has 0 amide bonds. The van der Waals surface area contributed by atoms with Crippen molar-refractivity contribution in [3.8, 4) is 0 Å². The molecule has 0 saturated carbocycles. The molecule has 1 rings (SSSR count). The molecule has 0 spiro atoms. The number of nitrogens with zero attached hydrogens (tertiary/aromatic N) is 1. The summed E-state index contributed by atoms with van der Waals surface area (Å²) in [4.78, 5) is 4.32. The maximum atomic E-state index is 4.32. The zero-order valence-corrected chi connectivity index (χ0v) is 8.76. The zero-order chi connectivity index (χ0) is 8.81. The molecule has 0 bridgehead atoms. The van der Waals surface area contributed by atoms with Crippen LogP contribution in [-0.2, 0) is 6.42 Å². The van der Waals surface area contributed by atoms with E-state index in [-0.39, 0.29) is 0 Å². The number of nitrogens with one attached hydrogen (secondary N) is 1. The van der Waals surface area contributed by atoms with Gasteiger partial charge in [-0.25, -0.2) is 4.98 Å². The van der Waals surface area contributed by atoms with Gasteiger partial charge in [-0.3, -0.25) is 0 Å². The molecule has 0 radical (unpaired) electrons. The SMILES string of the molecule is CCNCCc1cccc(Br)n1. The fraction of sp³-hybridized carbons (Fsp3) is 0.444. The number of rotatable bonds is 4. The van der Waals surface area contributed by atoms with Crippen LogP contribution in [-0.4, -0.2) is 18.1 Å². The molecule has 0 atom stereocenters. The Labute approximate surface area is 81.5 Å². The molecular weight excluding hydrogens is 216 g/mol. The zero-order valence-electron chi connectivity index (χ0n) is 7.18. The van der Waals surface area contributed by atoms with Crippen LogP contribution in [0.4, 0.5) is 0 Å². The lowest BCUT2D eigenvalue weighted by Gasteiger charge is -2.01. The van der Waals surface area contributed by atoms with Crippen molar-refractivity contribution < 1.29 is 0 Å². The average molecular weight is 229 g/mol. The highest BCUT2D eigenvalue weighted by molar-refractivity contribution is 9.10. The van der Waals surface area contributed by atoms with Gasteiger partial charge in [0.05, 0.1) is 0 Å². The Morgan fingerprint density at radius 1 is 1.50 bits per heavy atom. The third-order valence-electron chi connectivity index (χ3n) is 1.58. The van der Waals surface area contributed by atoms with E-state index in [1.165, 1.54) is 0 Å². The third-order valence-corrected chi connectivity index (χ3v) is 2.02. The van der Waals surface area contributed by atoms with Gasteiger partial charge in [-0.2, -0.15) is 0 Å². The number of hydrogen-bond acceptors (Lipinski definition) is 2. The number of aromatic nitrogens is 1. The minimum absolute atomic E-state index is 0.913.